The van der Waals surface area contributed by atoms with E-state index in [0.717, 1.165) is 33.9 Å². The molecule has 0 aliphatic rings. The van der Waals surface area contributed by atoms with Gasteiger partial charge in [-0.05, 0) is 37.1 Å². The third-order valence-electron chi connectivity index (χ3n) is 3.09. The Balaban J connectivity index is 2.12. The van der Waals surface area contributed by atoms with E-state index in [-0.39, 0.29) is 0 Å². The van der Waals surface area contributed by atoms with E-state index < -0.39 is 0 Å². The van der Waals surface area contributed by atoms with Crippen LogP contribution in [0.3, 0.4) is 0 Å². The maximum absolute atomic E-state index is 6.23. The van der Waals surface area contributed by atoms with Crippen LogP contribution in [0.15, 0.2) is 12.1 Å². The summed E-state index contributed by atoms with van der Waals surface area (Å²) in [6, 6.07) is 3.61. The van der Waals surface area contributed by atoms with E-state index >= 15 is 0 Å². The quantitative estimate of drug-likeness (QED) is 0.766. The summed E-state index contributed by atoms with van der Waals surface area (Å²) in [6.07, 6.45) is 0. The van der Waals surface area contributed by atoms with Crippen molar-refractivity contribution < 1.29 is 0 Å². The van der Waals surface area contributed by atoms with Crippen LogP contribution in [0.1, 0.15) is 11.1 Å². The monoisotopic (exact) mass is 325 g/mol. The molecule has 0 radical (unpaired) electrons. The zero-order chi connectivity index (χ0) is 14.3. The van der Waals surface area contributed by atoms with Crippen LogP contribution in [0.5, 0.6) is 0 Å². The van der Waals surface area contributed by atoms with E-state index in [9.17, 15) is 0 Å². The molecule has 0 saturated carbocycles. The maximum Gasteiger partial charge on any atom is 0.156 e. The number of nitrogens with zero attached hydrogens (tertiary/aromatic N) is 4. The molecule has 1 aromatic carbocycles. The standard InChI is InChI=1S/C12H9Cl2N5S/c1-5-6(2)12(17-16-11(5)14)15-9-7(13)3-4-8-10(9)19-20-18-8/h3-4H,1-2H3,(H,15,17). The minimum absolute atomic E-state index is 0.396. The van der Waals surface area contributed by atoms with Gasteiger partial charge < -0.3 is 5.32 Å². The van der Waals surface area contributed by atoms with Crippen LogP contribution in [-0.4, -0.2) is 18.9 Å². The maximum atomic E-state index is 6.23. The van der Waals surface area contributed by atoms with Crippen LogP contribution in [0.4, 0.5) is 11.5 Å². The normalized spacial score (nSPS) is 11.0. The lowest BCUT2D eigenvalue weighted by Gasteiger charge is -2.11. The first-order chi connectivity index (χ1) is 9.58. The summed E-state index contributed by atoms with van der Waals surface area (Å²) in [6.45, 7) is 3.82. The molecule has 0 atom stereocenters. The molecule has 5 nitrogen and oxygen atoms in total. The first-order valence-corrected chi connectivity index (χ1v) is 7.23. The largest absolute Gasteiger partial charge is 0.335 e. The van der Waals surface area contributed by atoms with E-state index in [2.05, 4.69) is 24.3 Å². The summed E-state index contributed by atoms with van der Waals surface area (Å²) in [5, 5.41) is 12.1. The smallest absolute Gasteiger partial charge is 0.156 e. The van der Waals surface area contributed by atoms with Crippen molar-refractivity contribution in [2.24, 2.45) is 0 Å². The van der Waals surface area contributed by atoms with Gasteiger partial charge in [0.25, 0.3) is 0 Å². The van der Waals surface area contributed by atoms with Crippen LogP contribution in [0.25, 0.3) is 11.0 Å². The van der Waals surface area contributed by atoms with Crippen molar-refractivity contribution in [3.8, 4) is 0 Å². The third-order valence-corrected chi connectivity index (χ3v) is 4.30. The Morgan fingerprint density at radius 3 is 2.65 bits per heavy atom. The molecule has 0 unspecified atom stereocenters. The summed E-state index contributed by atoms with van der Waals surface area (Å²) >= 11 is 13.3. The fraction of sp³-hybridized carbons (Fsp3) is 0.167. The molecule has 3 rings (SSSR count). The third kappa shape index (κ3) is 2.19. The Morgan fingerprint density at radius 2 is 1.85 bits per heavy atom. The number of hydrogen-bond acceptors (Lipinski definition) is 6. The Hall–Kier alpha value is -1.50. The van der Waals surface area contributed by atoms with Crippen LogP contribution in [-0.2, 0) is 0 Å². The van der Waals surface area contributed by atoms with Crippen molar-refractivity contribution in [2.75, 3.05) is 5.32 Å². The second-order valence-electron chi connectivity index (χ2n) is 4.27. The number of hydrogen-bond donors (Lipinski definition) is 1. The van der Waals surface area contributed by atoms with Gasteiger partial charge in [0.05, 0.1) is 22.4 Å². The summed E-state index contributed by atoms with van der Waals surface area (Å²) in [7, 11) is 0. The van der Waals surface area contributed by atoms with Crippen molar-refractivity contribution in [2.45, 2.75) is 13.8 Å². The Labute approximate surface area is 129 Å². The van der Waals surface area contributed by atoms with Gasteiger partial charge in [0.15, 0.2) is 11.0 Å². The van der Waals surface area contributed by atoms with Crippen molar-refractivity contribution in [3.63, 3.8) is 0 Å². The number of rotatable bonds is 2. The average molecular weight is 326 g/mol. The molecule has 0 aliphatic heterocycles. The second kappa shape index (κ2) is 5.12. The van der Waals surface area contributed by atoms with Crippen LogP contribution in [0.2, 0.25) is 10.2 Å². The van der Waals surface area contributed by atoms with Crippen molar-refractivity contribution >= 4 is 57.5 Å². The molecule has 0 spiro atoms. The molecular weight excluding hydrogens is 317 g/mol. The molecule has 0 amide bonds. The Bertz CT molecular complexity index is 802. The minimum Gasteiger partial charge on any atom is -0.335 e. The van der Waals surface area contributed by atoms with Gasteiger partial charge in [-0.15, -0.1) is 10.2 Å². The average Bonchev–Trinajstić information content (AvgIpc) is 2.90. The Morgan fingerprint density at radius 1 is 1.05 bits per heavy atom. The molecule has 0 aliphatic carbocycles. The van der Waals surface area contributed by atoms with Gasteiger partial charge in [0.1, 0.15) is 11.0 Å². The molecule has 2 aromatic heterocycles. The Kier molecular flexibility index (Phi) is 3.45. The molecule has 8 heteroatoms. The van der Waals surface area contributed by atoms with Crippen LogP contribution < -0.4 is 5.32 Å². The highest BCUT2D eigenvalue weighted by atomic mass is 35.5. The van der Waals surface area contributed by atoms with E-state index in [1.807, 2.05) is 19.9 Å². The SMILES string of the molecule is Cc1c(Cl)nnc(Nc2c(Cl)ccc3nsnc23)c1C. The lowest BCUT2D eigenvalue weighted by molar-refractivity contribution is 1.00. The fourth-order valence-electron chi connectivity index (χ4n) is 1.76. The first-order valence-electron chi connectivity index (χ1n) is 5.75. The highest BCUT2D eigenvalue weighted by molar-refractivity contribution is 7.00. The molecule has 0 fully saturated rings. The van der Waals surface area contributed by atoms with E-state index in [1.165, 1.54) is 0 Å². The summed E-state index contributed by atoms with van der Waals surface area (Å²) in [4.78, 5) is 0. The summed E-state index contributed by atoms with van der Waals surface area (Å²) < 4.78 is 8.45. The minimum atomic E-state index is 0.396. The molecule has 3 aromatic rings. The van der Waals surface area contributed by atoms with E-state index in [1.54, 1.807) is 6.07 Å². The number of fused-ring (bicyclic) bond motifs is 1. The predicted molar refractivity (Wildman–Crippen MR) is 82.2 cm³/mol. The van der Waals surface area contributed by atoms with Gasteiger partial charge in [0, 0.05) is 0 Å². The molecule has 0 saturated heterocycles. The lowest BCUT2D eigenvalue weighted by atomic mass is 10.2. The molecule has 102 valence electrons. The van der Waals surface area contributed by atoms with Gasteiger partial charge in [0.2, 0.25) is 0 Å². The van der Waals surface area contributed by atoms with Gasteiger partial charge in [-0.1, -0.05) is 23.2 Å². The van der Waals surface area contributed by atoms with Crippen molar-refractivity contribution in [1.82, 2.24) is 18.9 Å². The van der Waals surface area contributed by atoms with Gasteiger partial charge >= 0.3 is 0 Å². The molecule has 1 N–H and O–H groups in total. The highest BCUT2D eigenvalue weighted by Gasteiger charge is 2.14. The highest BCUT2D eigenvalue weighted by Crippen LogP contribution is 2.33. The van der Waals surface area contributed by atoms with Crippen LogP contribution in [0, 0.1) is 13.8 Å². The number of anilines is 2. The zero-order valence-electron chi connectivity index (χ0n) is 10.6. The van der Waals surface area contributed by atoms with Crippen molar-refractivity contribution in [3.05, 3.63) is 33.4 Å². The molecule has 20 heavy (non-hydrogen) atoms. The number of aromatic nitrogens is 4. The fourth-order valence-corrected chi connectivity index (χ4v) is 2.68. The number of benzene rings is 1. The number of halogens is 2. The predicted octanol–water partition coefficient (Wildman–Crippen LogP) is 4.15. The topological polar surface area (TPSA) is 63.6 Å². The van der Waals surface area contributed by atoms with Gasteiger partial charge in [-0.25, -0.2) is 0 Å². The van der Waals surface area contributed by atoms with Crippen molar-refractivity contribution in [1.29, 1.82) is 0 Å². The lowest BCUT2D eigenvalue weighted by Crippen LogP contribution is -2.02. The molecular formula is C12H9Cl2N5S. The zero-order valence-corrected chi connectivity index (χ0v) is 12.9. The first kappa shape index (κ1) is 13.5. The molecule has 0 bridgehead atoms. The van der Waals surface area contributed by atoms with Gasteiger partial charge in [-0.3, -0.25) is 0 Å². The second-order valence-corrected chi connectivity index (χ2v) is 5.56. The number of nitrogens with one attached hydrogen (secondary N) is 1. The van der Waals surface area contributed by atoms with E-state index in [0.29, 0.717) is 21.7 Å². The summed E-state index contributed by atoms with van der Waals surface area (Å²) in [5.74, 6) is 0.606. The summed E-state index contributed by atoms with van der Waals surface area (Å²) in [5.41, 5.74) is 3.98. The van der Waals surface area contributed by atoms with Crippen LogP contribution >= 0.6 is 34.9 Å². The van der Waals surface area contributed by atoms with Gasteiger partial charge in [-0.2, -0.15) is 8.75 Å². The van der Waals surface area contributed by atoms with E-state index in [4.69, 9.17) is 23.2 Å². The molecule has 2 heterocycles.